The number of aromatic hydroxyl groups is 1. The molecule has 2 rings (SSSR count). The molecular formula is C14H20N2O2S. The van der Waals surface area contributed by atoms with Crippen LogP contribution in [0.2, 0.25) is 0 Å². The summed E-state index contributed by atoms with van der Waals surface area (Å²) in [6.07, 6.45) is 0.473. The minimum atomic E-state index is -0.00801. The average Bonchev–Trinajstić information content (AvgIpc) is 2.41. The van der Waals surface area contributed by atoms with Gasteiger partial charge in [-0.05, 0) is 25.5 Å². The van der Waals surface area contributed by atoms with Crippen LogP contribution in [-0.4, -0.2) is 35.1 Å². The number of phenolic OH excluding ortho intramolecular Hbond substituents is 1. The van der Waals surface area contributed by atoms with E-state index in [0.29, 0.717) is 12.1 Å². The standard InChI is InChI=1S/C14H20N2O2S/c1-9-3-4-12(10(2)14(9)18)16-13(17)7-11-8-19-6-5-15-11/h3-4,11,15,18H,5-8H2,1-2H3,(H,16,17). The first-order valence-corrected chi connectivity index (χ1v) is 7.63. The topological polar surface area (TPSA) is 61.4 Å². The van der Waals surface area contributed by atoms with Crippen LogP contribution < -0.4 is 10.6 Å². The zero-order valence-corrected chi connectivity index (χ0v) is 12.1. The van der Waals surface area contributed by atoms with Crippen LogP contribution in [0.25, 0.3) is 0 Å². The smallest absolute Gasteiger partial charge is 0.225 e. The number of phenols is 1. The van der Waals surface area contributed by atoms with E-state index in [-0.39, 0.29) is 17.7 Å². The van der Waals surface area contributed by atoms with Gasteiger partial charge in [0.05, 0.1) is 0 Å². The number of thioether (sulfide) groups is 1. The number of hydrogen-bond donors (Lipinski definition) is 3. The quantitative estimate of drug-likeness (QED) is 0.793. The maximum absolute atomic E-state index is 12.0. The molecule has 1 aromatic rings. The second-order valence-electron chi connectivity index (χ2n) is 4.88. The molecule has 0 aliphatic carbocycles. The maximum atomic E-state index is 12.0. The fourth-order valence-electron chi connectivity index (χ4n) is 2.15. The van der Waals surface area contributed by atoms with Crippen molar-refractivity contribution in [2.24, 2.45) is 0 Å². The van der Waals surface area contributed by atoms with Gasteiger partial charge in [0.15, 0.2) is 0 Å². The highest BCUT2D eigenvalue weighted by Gasteiger charge is 2.17. The van der Waals surface area contributed by atoms with Gasteiger partial charge in [-0.25, -0.2) is 0 Å². The molecule has 1 atom stereocenters. The van der Waals surface area contributed by atoms with E-state index in [0.717, 1.165) is 29.2 Å². The summed E-state index contributed by atoms with van der Waals surface area (Å²) in [4.78, 5) is 12.0. The molecule has 0 radical (unpaired) electrons. The molecule has 0 bridgehead atoms. The van der Waals surface area contributed by atoms with E-state index in [9.17, 15) is 9.90 Å². The largest absolute Gasteiger partial charge is 0.507 e. The molecule has 0 spiro atoms. The van der Waals surface area contributed by atoms with Crippen LogP contribution in [0.5, 0.6) is 5.75 Å². The molecule has 19 heavy (non-hydrogen) atoms. The van der Waals surface area contributed by atoms with Crippen LogP contribution in [0.3, 0.4) is 0 Å². The molecule has 1 aliphatic rings. The normalized spacial score (nSPS) is 19.2. The van der Waals surface area contributed by atoms with Gasteiger partial charge in [-0.1, -0.05) is 6.07 Å². The molecule has 1 heterocycles. The van der Waals surface area contributed by atoms with Gasteiger partial charge in [-0.3, -0.25) is 4.79 Å². The van der Waals surface area contributed by atoms with Gasteiger partial charge in [-0.15, -0.1) is 0 Å². The number of rotatable bonds is 3. The number of aryl methyl sites for hydroxylation is 1. The van der Waals surface area contributed by atoms with Crippen LogP contribution in [-0.2, 0) is 4.79 Å². The van der Waals surface area contributed by atoms with Gasteiger partial charge in [0.2, 0.25) is 5.91 Å². The molecule has 1 unspecified atom stereocenters. The molecular weight excluding hydrogens is 260 g/mol. The van der Waals surface area contributed by atoms with Gasteiger partial charge in [0, 0.05) is 41.8 Å². The monoisotopic (exact) mass is 280 g/mol. The molecule has 1 aromatic carbocycles. The molecule has 1 fully saturated rings. The van der Waals surface area contributed by atoms with Gasteiger partial charge in [-0.2, -0.15) is 11.8 Å². The number of amides is 1. The fourth-order valence-corrected chi connectivity index (χ4v) is 3.10. The summed E-state index contributed by atoms with van der Waals surface area (Å²) in [6, 6.07) is 3.90. The second kappa shape index (κ2) is 6.30. The highest BCUT2D eigenvalue weighted by atomic mass is 32.2. The fraction of sp³-hybridized carbons (Fsp3) is 0.500. The van der Waals surface area contributed by atoms with E-state index < -0.39 is 0 Å². The molecule has 104 valence electrons. The predicted molar refractivity (Wildman–Crippen MR) is 79.9 cm³/mol. The van der Waals surface area contributed by atoms with E-state index in [1.165, 1.54) is 0 Å². The van der Waals surface area contributed by atoms with Crippen molar-refractivity contribution in [1.82, 2.24) is 5.32 Å². The van der Waals surface area contributed by atoms with E-state index >= 15 is 0 Å². The minimum Gasteiger partial charge on any atom is -0.507 e. The van der Waals surface area contributed by atoms with Crippen molar-refractivity contribution in [3.8, 4) is 5.75 Å². The summed E-state index contributed by atoms with van der Waals surface area (Å²) in [7, 11) is 0. The molecule has 1 saturated heterocycles. The summed E-state index contributed by atoms with van der Waals surface area (Å²) < 4.78 is 0. The highest BCUT2D eigenvalue weighted by Crippen LogP contribution is 2.28. The third-order valence-electron chi connectivity index (χ3n) is 3.34. The molecule has 1 aliphatic heterocycles. The summed E-state index contributed by atoms with van der Waals surface area (Å²) in [5.74, 6) is 2.34. The van der Waals surface area contributed by atoms with Crippen molar-refractivity contribution in [3.05, 3.63) is 23.3 Å². The highest BCUT2D eigenvalue weighted by molar-refractivity contribution is 7.99. The first-order valence-electron chi connectivity index (χ1n) is 6.48. The zero-order chi connectivity index (χ0) is 13.8. The Labute approximate surface area is 118 Å². The summed E-state index contributed by atoms with van der Waals surface area (Å²) >= 11 is 1.88. The number of carbonyl (C=O) groups excluding carboxylic acids is 1. The number of nitrogens with one attached hydrogen (secondary N) is 2. The van der Waals surface area contributed by atoms with Crippen molar-refractivity contribution >= 4 is 23.4 Å². The van der Waals surface area contributed by atoms with E-state index in [4.69, 9.17) is 0 Å². The third-order valence-corrected chi connectivity index (χ3v) is 4.47. The number of carbonyl (C=O) groups is 1. The van der Waals surface area contributed by atoms with E-state index in [2.05, 4.69) is 10.6 Å². The van der Waals surface area contributed by atoms with Crippen molar-refractivity contribution in [3.63, 3.8) is 0 Å². The Balaban J connectivity index is 1.97. The first kappa shape index (κ1) is 14.2. The van der Waals surface area contributed by atoms with Crippen LogP contribution in [0.15, 0.2) is 12.1 Å². The van der Waals surface area contributed by atoms with Crippen LogP contribution in [0.4, 0.5) is 5.69 Å². The van der Waals surface area contributed by atoms with Crippen LogP contribution in [0.1, 0.15) is 17.5 Å². The molecule has 5 heteroatoms. The van der Waals surface area contributed by atoms with Crippen molar-refractivity contribution in [2.75, 3.05) is 23.4 Å². The molecule has 1 amide bonds. The lowest BCUT2D eigenvalue weighted by Gasteiger charge is -2.22. The van der Waals surface area contributed by atoms with Gasteiger partial charge in [0.1, 0.15) is 5.75 Å². The van der Waals surface area contributed by atoms with Crippen LogP contribution in [0, 0.1) is 13.8 Å². The number of anilines is 1. The average molecular weight is 280 g/mol. The Hall–Kier alpha value is -1.20. The van der Waals surface area contributed by atoms with Gasteiger partial charge < -0.3 is 15.7 Å². The lowest BCUT2D eigenvalue weighted by molar-refractivity contribution is -0.116. The minimum absolute atomic E-state index is 0.00801. The van der Waals surface area contributed by atoms with Crippen molar-refractivity contribution in [1.29, 1.82) is 0 Å². The van der Waals surface area contributed by atoms with E-state index in [1.807, 2.05) is 37.7 Å². The van der Waals surface area contributed by atoms with Crippen LogP contribution >= 0.6 is 11.8 Å². The van der Waals surface area contributed by atoms with Gasteiger partial charge in [0.25, 0.3) is 0 Å². The SMILES string of the molecule is Cc1ccc(NC(=O)CC2CSCCN2)c(C)c1O. The van der Waals surface area contributed by atoms with Crippen molar-refractivity contribution in [2.45, 2.75) is 26.3 Å². The Morgan fingerprint density at radius 3 is 3.00 bits per heavy atom. The Kier molecular flexibility index (Phi) is 4.71. The maximum Gasteiger partial charge on any atom is 0.225 e. The Morgan fingerprint density at radius 2 is 2.32 bits per heavy atom. The molecule has 0 saturated carbocycles. The molecule has 0 aromatic heterocycles. The predicted octanol–water partition coefficient (Wildman–Crippen LogP) is 2.04. The lowest BCUT2D eigenvalue weighted by Crippen LogP contribution is -2.39. The Morgan fingerprint density at radius 1 is 1.53 bits per heavy atom. The zero-order valence-electron chi connectivity index (χ0n) is 11.3. The second-order valence-corrected chi connectivity index (χ2v) is 6.03. The van der Waals surface area contributed by atoms with E-state index in [1.54, 1.807) is 0 Å². The first-order chi connectivity index (χ1) is 9.08. The number of benzene rings is 1. The number of hydrogen-bond acceptors (Lipinski definition) is 4. The summed E-state index contributed by atoms with van der Waals surface area (Å²) in [5, 5.41) is 16.1. The molecule has 4 nitrogen and oxygen atoms in total. The summed E-state index contributed by atoms with van der Waals surface area (Å²) in [6.45, 7) is 4.62. The summed E-state index contributed by atoms with van der Waals surface area (Å²) in [5.41, 5.74) is 2.23. The van der Waals surface area contributed by atoms with Crippen molar-refractivity contribution < 1.29 is 9.90 Å². The third kappa shape index (κ3) is 3.64. The van der Waals surface area contributed by atoms with Gasteiger partial charge >= 0.3 is 0 Å². The lowest BCUT2D eigenvalue weighted by atomic mass is 10.1. The molecule has 3 N–H and O–H groups in total. The Bertz CT molecular complexity index is 471.